The maximum atomic E-state index is 12.9. The molecule has 0 aliphatic carbocycles. The molecule has 0 bridgehead atoms. The quantitative estimate of drug-likeness (QED) is 0.583. The van der Waals surface area contributed by atoms with Crippen LogP contribution in [0.1, 0.15) is 19.4 Å². The second-order valence-corrected chi connectivity index (χ2v) is 7.75. The van der Waals surface area contributed by atoms with E-state index < -0.39 is 0 Å². The molecule has 1 aliphatic heterocycles. The van der Waals surface area contributed by atoms with Gasteiger partial charge in [0.15, 0.2) is 0 Å². The van der Waals surface area contributed by atoms with E-state index in [-0.39, 0.29) is 11.2 Å². The molecule has 2 aromatic carbocycles. The van der Waals surface area contributed by atoms with Crippen LogP contribution in [0.15, 0.2) is 58.2 Å². The highest BCUT2D eigenvalue weighted by molar-refractivity contribution is 8.00. The summed E-state index contributed by atoms with van der Waals surface area (Å²) >= 11 is 1.28. The minimum Gasteiger partial charge on any atom is -0.494 e. The normalized spacial score (nSPS) is 14.0. The average molecular weight is 395 g/mol. The fourth-order valence-corrected chi connectivity index (χ4v) is 3.97. The molecule has 0 spiro atoms. The molecule has 0 radical (unpaired) electrons. The van der Waals surface area contributed by atoms with E-state index in [1.54, 1.807) is 0 Å². The molecule has 0 saturated carbocycles. The monoisotopic (exact) mass is 395 g/mol. The third kappa shape index (κ3) is 3.75. The molecule has 1 amide bonds. The Morgan fingerprint density at radius 3 is 2.79 bits per heavy atom. The maximum Gasteiger partial charge on any atom is 0.277 e. The predicted octanol–water partition coefficient (Wildman–Crippen LogP) is 4.21. The van der Waals surface area contributed by atoms with Crippen LogP contribution in [-0.2, 0) is 11.2 Å². The molecule has 0 N–H and O–H groups in total. The summed E-state index contributed by atoms with van der Waals surface area (Å²) in [7, 11) is 0. The topological polar surface area (TPSA) is 68.5 Å². The van der Waals surface area contributed by atoms with Crippen LogP contribution in [0, 0.1) is 0 Å². The highest BCUT2D eigenvalue weighted by Crippen LogP contribution is 2.32. The van der Waals surface area contributed by atoms with Crippen molar-refractivity contribution in [1.82, 2.24) is 10.2 Å². The van der Waals surface area contributed by atoms with Crippen molar-refractivity contribution >= 4 is 23.4 Å². The fraction of sp³-hybridized carbons (Fsp3) is 0.286. The van der Waals surface area contributed by atoms with Gasteiger partial charge in [0.1, 0.15) is 5.75 Å². The zero-order valence-electron chi connectivity index (χ0n) is 15.8. The second kappa shape index (κ2) is 8.06. The van der Waals surface area contributed by atoms with Gasteiger partial charge >= 0.3 is 0 Å². The van der Waals surface area contributed by atoms with E-state index in [9.17, 15) is 4.79 Å². The van der Waals surface area contributed by atoms with Crippen molar-refractivity contribution in [2.24, 2.45) is 0 Å². The highest BCUT2D eigenvalue weighted by atomic mass is 32.2. The molecule has 144 valence electrons. The lowest BCUT2D eigenvalue weighted by molar-refractivity contribution is -0.117. The first-order chi connectivity index (χ1) is 13.7. The zero-order chi connectivity index (χ0) is 19.5. The lowest BCUT2D eigenvalue weighted by Gasteiger charge is -2.20. The summed E-state index contributed by atoms with van der Waals surface area (Å²) in [6, 6.07) is 15.5. The van der Waals surface area contributed by atoms with Gasteiger partial charge in [0.25, 0.3) is 5.22 Å². The van der Waals surface area contributed by atoms with Gasteiger partial charge in [-0.2, -0.15) is 0 Å². The first-order valence-electron chi connectivity index (χ1n) is 9.28. The number of fused-ring (bicyclic) bond motifs is 1. The van der Waals surface area contributed by atoms with Gasteiger partial charge in [0.2, 0.25) is 11.8 Å². The van der Waals surface area contributed by atoms with Gasteiger partial charge in [-0.1, -0.05) is 30.0 Å². The Balaban J connectivity index is 1.43. The molecule has 2 heterocycles. The van der Waals surface area contributed by atoms with Crippen LogP contribution in [0.2, 0.25) is 0 Å². The first kappa shape index (κ1) is 18.6. The SMILES string of the molecule is CCOc1ccc(-c2nnc(S[C@H](C)C(=O)N3CCc4ccccc43)o2)cc1. The number of para-hydroxylation sites is 1. The fourth-order valence-electron chi connectivity index (χ4n) is 3.22. The number of benzene rings is 2. The molecule has 0 unspecified atom stereocenters. The Labute approximate surface area is 167 Å². The van der Waals surface area contributed by atoms with Crippen LogP contribution in [0.3, 0.4) is 0 Å². The molecule has 1 atom stereocenters. The number of ether oxygens (including phenoxy) is 1. The molecular formula is C21H21N3O3S. The molecule has 6 nitrogen and oxygen atoms in total. The Bertz CT molecular complexity index is 971. The van der Waals surface area contributed by atoms with E-state index in [1.807, 2.05) is 61.2 Å². The summed E-state index contributed by atoms with van der Waals surface area (Å²) in [6.07, 6.45) is 0.891. The number of aromatic nitrogens is 2. The summed E-state index contributed by atoms with van der Waals surface area (Å²) in [4.78, 5) is 14.7. The van der Waals surface area contributed by atoms with Gasteiger partial charge in [-0.15, -0.1) is 10.2 Å². The summed E-state index contributed by atoms with van der Waals surface area (Å²) in [6.45, 7) is 5.14. The number of anilines is 1. The molecule has 0 saturated heterocycles. The summed E-state index contributed by atoms with van der Waals surface area (Å²) in [5.74, 6) is 1.28. The van der Waals surface area contributed by atoms with Crippen molar-refractivity contribution in [2.45, 2.75) is 30.7 Å². The lowest BCUT2D eigenvalue weighted by atomic mass is 10.2. The number of hydrogen-bond acceptors (Lipinski definition) is 6. The molecule has 1 aromatic heterocycles. The van der Waals surface area contributed by atoms with E-state index in [0.29, 0.717) is 24.3 Å². The summed E-state index contributed by atoms with van der Waals surface area (Å²) < 4.78 is 11.2. The average Bonchev–Trinajstić information content (AvgIpc) is 3.35. The molecule has 4 rings (SSSR count). The van der Waals surface area contributed by atoms with Gasteiger partial charge in [-0.25, -0.2) is 0 Å². The Hall–Kier alpha value is -2.80. The molecule has 7 heteroatoms. The molecule has 28 heavy (non-hydrogen) atoms. The molecule has 1 aliphatic rings. The number of carbonyl (C=O) groups is 1. The summed E-state index contributed by atoms with van der Waals surface area (Å²) in [5, 5.41) is 8.26. The minimum absolute atomic E-state index is 0.0516. The minimum atomic E-state index is -0.320. The summed E-state index contributed by atoms with van der Waals surface area (Å²) in [5.41, 5.74) is 3.03. The van der Waals surface area contributed by atoms with Gasteiger partial charge in [0.05, 0.1) is 11.9 Å². The van der Waals surface area contributed by atoms with E-state index in [1.165, 1.54) is 17.3 Å². The van der Waals surface area contributed by atoms with Crippen LogP contribution in [-0.4, -0.2) is 34.5 Å². The lowest BCUT2D eigenvalue weighted by Crippen LogP contribution is -2.35. The van der Waals surface area contributed by atoms with Crippen LogP contribution < -0.4 is 9.64 Å². The maximum absolute atomic E-state index is 12.9. The van der Waals surface area contributed by atoms with E-state index in [0.717, 1.165) is 23.4 Å². The predicted molar refractivity (Wildman–Crippen MR) is 109 cm³/mol. The third-order valence-electron chi connectivity index (χ3n) is 4.60. The number of carbonyl (C=O) groups excluding carboxylic acids is 1. The number of thioether (sulfide) groups is 1. The van der Waals surface area contributed by atoms with Crippen LogP contribution in [0.5, 0.6) is 5.75 Å². The third-order valence-corrected chi connectivity index (χ3v) is 5.52. The van der Waals surface area contributed by atoms with Crippen LogP contribution in [0.25, 0.3) is 11.5 Å². The van der Waals surface area contributed by atoms with Crippen molar-refractivity contribution in [2.75, 3.05) is 18.1 Å². The Morgan fingerprint density at radius 2 is 2.00 bits per heavy atom. The zero-order valence-corrected chi connectivity index (χ0v) is 16.6. The highest BCUT2D eigenvalue weighted by Gasteiger charge is 2.29. The van der Waals surface area contributed by atoms with Gasteiger partial charge in [-0.3, -0.25) is 4.79 Å². The van der Waals surface area contributed by atoms with Crippen molar-refractivity contribution in [3.63, 3.8) is 0 Å². The van der Waals surface area contributed by atoms with E-state index in [4.69, 9.17) is 9.15 Å². The smallest absolute Gasteiger partial charge is 0.277 e. The number of hydrogen-bond donors (Lipinski definition) is 0. The van der Waals surface area contributed by atoms with Crippen LogP contribution >= 0.6 is 11.8 Å². The van der Waals surface area contributed by atoms with Crippen molar-refractivity contribution in [3.8, 4) is 17.2 Å². The van der Waals surface area contributed by atoms with Gasteiger partial charge in [0, 0.05) is 17.8 Å². The molecule has 3 aromatic rings. The standard InChI is InChI=1S/C21H21N3O3S/c1-3-26-17-10-8-16(9-11-17)19-22-23-21(27-19)28-14(2)20(25)24-13-12-15-6-4-5-7-18(15)24/h4-11,14H,3,12-13H2,1-2H3/t14-/m1/s1. The number of rotatable bonds is 6. The number of nitrogens with zero attached hydrogens (tertiary/aromatic N) is 3. The Kier molecular flexibility index (Phi) is 5.34. The van der Waals surface area contributed by atoms with Crippen LogP contribution in [0.4, 0.5) is 5.69 Å². The number of amides is 1. The second-order valence-electron chi connectivity index (χ2n) is 6.46. The van der Waals surface area contributed by atoms with Crippen molar-refractivity contribution < 1.29 is 13.9 Å². The van der Waals surface area contributed by atoms with Crippen molar-refractivity contribution in [3.05, 3.63) is 54.1 Å². The molecule has 0 fully saturated rings. The van der Waals surface area contributed by atoms with Gasteiger partial charge < -0.3 is 14.1 Å². The first-order valence-corrected chi connectivity index (χ1v) is 10.2. The Morgan fingerprint density at radius 1 is 1.21 bits per heavy atom. The van der Waals surface area contributed by atoms with E-state index >= 15 is 0 Å². The largest absolute Gasteiger partial charge is 0.494 e. The van der Waals surface area contributed by atoms with Crippen molar-refractivity contribution in [1.29, 1.82) is 0 Å². The molecular weight excluding hydrogens is 374 g/mol. The van der Waals surface area contributed by atoms with E-state index in [2.05, 4.69) is 16.3 Å². The van der Waals surface area contributed by atoms with Gasteiger partial charge in [-0.05, 0) is 56.2 Å².